The van der Waals surface area contributed by atoms with E-state index in [9.17, 15) is 0 Å². The summed E-state index contributed by atoms with van der Waals surface area (Å²) in [5.41, 5.74) is 9.35. The molecule has 1 atom stereocenters. The molecule has 0 bridgehead atoms. The number of rotatable bonds is 3. The molecule has 5 nitrogen and oxygen atoms in total. The highest BCUT2D eigenvalue weighted by Gasteiger charge is 2.19. The van der Waals surface area contributed by atoms with Crippen molar-refractivity contribution in [1.82, 2.24) is 15.2 Å². The molecule has 0 saturated carbocycles. The van der Waals surface area contributed by atoms with Crippen molar-refractivity contribution in [2.24, 2.45) is 5.73 Å². The predicted octanol–water partition coefficient (Wildman–Crippen LogP) is 1.48. The topological polar surface area (TPSA) is 76.8 Å². The van der Waals surface area contributed by atoms with Crippen LogP contribution in [-0.4, -0.2) is 22.3 Å². The van der Waals surface area contributed by atoms with Crippen LogP contribution in [-0.2, 0) is 0 Å². The van der Waals surface area contributed by atoms with Gasteiger partial charge in [-0.3, -0.25) is 5.10 Å². The van der Waals surface area contributed by atoms with E-state index < -0.39 is 0 Å². The maximum absolute atomic E-state index is 6.17. The summed E-state index contributed by atoms with van der Waals surface area (Å²) in [6.07, 6.45) is 1.45. The third-order valence-corrected chi connectivity index (χ3v) is 2.75. The fourth-order valence-corrected chi connectivity index (χ4v) is 2.01. The number of nitrogens with one attached hydrogen (secondary N) is 1. The van der Waals surface area contributed by atoms with E-state index in [0.717, 1.165) is 22.4 Å². The lowest BCUT2D eigenvalue weighted by atomic mass is 9.98. The van der Waals surface area contributed by atoms with E-state index in [2.05, 4.69) is 21.2 Å². The van der Waals surface area contributed by atoms with Gasteiger partial charge in [0.1, 0.15) is 17.9 Å². The molecule has 0 spiro atoms. The maximum Gasteiger partial charge on any atom is 0.145 e. The molecule has 0 aliphatic heterocycles. The molecule has 17 heavy (non-hydrogen) atoms. The number of aryl methyl sites for hydroxylation is 2. The number of benzene rings is 1. The SMILES string of the molecule is COc1cc(C)cc(C)c1C(N)c1ncn[nH]1. The molecule has 1 unspecified atom stereocenters. The van der Waals surface area contributed by atoms with Crippen molar-refractivity contribution in [2.45, 2.75) is 19.9 Å². The van der Waals surface area contributed by atoms with Crippen LogP contribution in [0.4, 0.5) is 0 Å². The number of ether oxygens (including phenoxy) is 1. The predicted molar refractivity (Wildman–Crippen MR) is 64.9 cm³/mol. The first-order valence-electron chi connectivity index (χ1n) is 5.39. The van der Waals surface area contributed by atoms with Gasteiger partial charge in [0.15, 0.2) is 0 Å². The van der Waals surface area contributed by atoms with Gasteiger partial charge in [-0.1, -0.05) is 6.07 Å². The summed E-state index contributed by atoms with van der Waals surface area (Å²) in [4.78, 5) is 4.08. The van der Waals surface area contributed by atoms with Crippen molar-refractivity contribution < 1.29 is 4.74 Å². The third-order valence-electron chi connectivity index (χ3n) is 2.75. The molecular formula is C12H16N4O. The van der Waals surface area contributed by atoms with Crippen LogP contribution in [0.15, 0.2) is 18.5 Å². The van der Waals surface area contributed by atoms with Crippen molar-refractivity contribution in [3.8, 4) is 5.75 Å². The number of nitrogens with zero attached hydrogens (tertiary/aromatic N) is 2. The molecule has 1 heterocycles. The Morgan fingerprint density at radius 3 is 2.71 bits per heavy atom. The van der Waals surface area contributed by atoms with Gasteiger partial charge in [-0.25, -0.2) is 4.98 Å². The van der Waals surface area contributed by atoms with Crippen molar-refractivity contribution in [2.75, 3.05) is 7.11 Å². The number of aromatic amines is 1. The molecular weight excluding hydrogens is 216 g/mol. The van der Waals surface area contributed by atoms with Crippen molar-refractivity contribution in [1.29, 1.82) is 0 Å². The Morgan fingerprint density at radius 1 is 1.35 bits per heavy atom. The number of aromatic nitrogens is 3. The lowest BCUT2D eigenvalue weighted by Crippen LogP contribution is -2.16. The molecule has 0 fully saturated rings. The van der Waals surface area contributed by atoms with Gasteiger partial charge >= 0.3 is 0 Å². The smallest absolute Gasteiger partial charge is 0.145 e. The molecule has 0 aliphatic rings. The van der Waals surface area contributed by atoms with Crippen LogP contribution < -0.4 is 10.5 Å². The Hall–Kier alpha value is -1.88. The number of methoxy groups -OCH3 is 1. The van der Waals surface area contributed by atoms with Gasteiger partial charge in [-0.2, -0.15) is 5.10 Å². The Bertz CT molecular complexity index is 507. The van der Waals surface area contributed by atoms with Crippen LogP contribution in [0.3, 0.4) is 0 Å². The lowest BCUT2D eigenvalue weighted by molar-refractivity contribution is 0.406. The second-order valence-corrected chi connectivity index (χ2v) is 4.05. The maximum atomic E-state index is 6.17. The number of hydrogen-bond donors (Lipinski definition) is 2. The molecule has 5 heteroatoms. The van der Waals surface area contributed by atoms with Crippen molar-refractivity contribution >= 4 is 0 Å². The molecule has 1 aromatic carbocycles. The molecule has 90 valence electrons. The average molecular weight is 232 g/mol. The minimum absolute atomic E-state index is 0.354. The van der Waals surface area contributed by atoms with E-state index in [1.807, 2.05) is 19.9 Å². The molecule has 2 aromatic rings. The Balaban J connectivity index is 2.51. The minimum Gasteiger partial charge on any atom is -0.496 e. The van der Waals surface area contributed by atoms with Gasteiger partial charge < -0.3 is 10.5 Å². The lowest BCUT2D eigenvalue weighted by Gasteiger charge is -2.17. The van der Waals surface area contributed by atoms with Crippen molar-refractivity contribution in [3.63, 3.8) is 0 Å². The molecule has 0 radical (unpaired) electrons. The summed E-state index contributed by atoms with van der Waals surface area (Å²) in [7, 11) is 1.64. The van der Waals surface area contributed by atoms with Crippen LogP contribution in [0.1, 0.15) is 28.6 Å². The van der Waals surface area contributed by atoms with Gasteiger partial charge in [0, 0.05) is 5.56 Å². The van der Waals surface area contributed by atoms with Gasteiger partial charge in [-0.15, -0.1) is 0 Å². The quantitative estimate of drug-likeness (QED) is 0.840. The Kier molecular flexibility index (Phi) is 3.10. The van der Waals surface area contributed by atoms with E-state index in [4.69, 9.17) is 10.5 Å². The summed E-state index contributed by atoms with van der Waals surface area (Å²) in [6.45, 7) is 4.04. The van der Waals surface area contributed by atoms with Crippen LogP contribution in [0, 0.1) is 13.8 Å². The van der Waals surface area contributed by atoms with Gasteiger partial charge in [0.05, 0.1) is 13.2 Å². The first kappa shape index (κ1) is 11.6. The van der Waals surface area contributed by atoms with E-state index in [-0.39, 0.29) is 6.04 Å². The molecule has 0 amide bonds. The van der Waals surface area contributed by atoms with E-state index in [0.29, 0.717) is 5.82 Å². The summed E-state index contributed by atoms with van der Waals surface area (Å²) < 4.78 is 5.38. The third kappa shape index (κ3) is 2.14. The van der Waals surface area contributed by atoms with Gasteiger partial charge in [0.2, 0.25) is 0 Å². The van der Waals surface area contributed by atoms with Gasteiger partial charge in [0.25, 0.3) is 0 Å². The van der Waals surface area contributed by atoms with Gasteiger partial charge in [-0.05, 0) is 31.0 Å². The molecule has 0 saturated heterocycles. The minimum atomic E-state index is -0.354. The molecule has 0 aliphatic carbocycles. The van der Waals surface area contributed by atoms with Crippen LogP contribution in [0.25, 0.3) is 0 Å². The number of H-pyrrole nitrogens is 1. The van der Waals surface area contributed by atoms with Crippen LogP contribution in [0.2, 0.25) is 0 Å². The second kappa shape index (κ2) is 4.55. The first-order chi connectivity index (χ1) is 8.13. The first-order valence-corrected chi connectivity index (χ1v) is 5.39. The summed E-state index contributed by atoms with van der Waals surface area (Å²) in [5, 5.41) is 6.60. The molecule has 2 rings (SSSR count). The highest BCUT2D eigenvalue weighted by atomic mass is 16.5. The summed E-state index contributed by atoms with van der Waals surface area (Å²) in [6, 6.07) is 3.69. The van der Waals surface area contributed by atoms with Crippen molar-refractivity contribution in [3.05, 3.63) is 41.0 Å². The monoisotopic (exact) mass is 232 g/mol. The Labute approximate surface area is 100 Å². The largest absolute Gasteiger partial charge is 0.496 e. The molecule has 1 aromatic heterocycles. The van der Waals surface area contributed by atoms with Crippen LogP contribution in [0.5, 0.6) is 5.75 Å². The van der Waals surface area contributed by atoms with E-state index >= 15 is 0 Å². The highest BCUT2D eigenvalue weighted by Crippen LogP contribution is 2.30. The zero-order chi connectivity index (χ0) is 12.4. The van der Waals surface area contributed by atoms with E-state index in [1.54, 1.807) is 7.11 Å². The zero-order valence-electron chi connectivity index (χ0n) is 10.2. The zero-order valence-corrected chi connectivity index (χ0v) is 10.2. The highest BCUT2D eigenvalue weighted by molar-refractivity contribution is 5.46. The number of nitrogens with two attached hydrogens (primary N) is 1. The fraction of sp³-hybridized carbons (Fsp3) is 0.333. The second-order valence-electron chi connectivity index (χ2n) is 4.05. The molecule has 3 N–H and O–H groups in total. The standard InChI is InChI=1S/C12H16N4O/c1-7-4-8(2)10(9(5-7)17-3)11(13)12-14-6-15-16-12/h4-6,11H,13H2,1-3H3,(H,14,15,16). The van der Waals surface area contributed by atoms with Crippen LogP contribution >= 0.6 is 0 Å². The number of hydrogen-bond acceptors (Lipinski definition) is 4. The van der Waals surface area contributed by atoms with E-state index in [1.165, 1.54) is 6.33 Å². The normalized spacial score (nSPS) is 12.5. The Morgan fingerprint density at radius 2 is 2.12 bits per heavy atom. The average Bonchev–Trinajstić information content (AvgIpc) is 2.80. The summed E-state index contributed by atoms with van der Waals surface area (Å²) in [5.74, 6) is 1.42. The fourth-order valence-electron chi connectivity index (χ4n) is 2.01. The summed E-state index contributed by atoms with van der Waals surface area (Å²) >= 11 is 0.